The van der Waals surface area contributed by atoms with Gasteiger partial charge in [0.25, 0.3) is 0 Å². The third kappa shape index (κ3) is 2.61. The van der Waals surface area contributed by atoms with Gasteiger partial charge in [-0.25, -0.2) is 4.21 Å². The van der Waals surface area contributed by atoms with Gasteiger partial charge >= 0.3 is 0 Å². The molecule has 0 fully saturated rings. The highest BCUT2D eigenvalue weighted by Crippen LogP contribution is 2.10. The summed E-state index contributed by atoms with van der Waals surface area (Å²) in [6.07, 6.45) is 0. The van der Waals surface area contributed by atoms with Gasteiger partial charge < -0.3 is 9.98 Å². The fraction of sp³-hybridized carbons (Fsp3) is 0.143. The fourth-order valence-electron chi connectivity index (χ4n) is 0.893. The zero-order chi connectivity index (χ0) is 8.97. The Balaban J connectivity index is 2.79. The van der Waals surface area contributed by atoms with Gasteiger partial charge in [-0.15, -0.1) is 0 Å². The van der Waals surface area contributed by atoms with Crippen LogP contribution < -0.4 is 11.3 Å². The molecule has 1 atom stereocenters. The van der Waals surface area contributed by atoms with Crippen LogP contribution in [0.25, 0.3) is 0 Å². The number of nitrogen functional groups attached to an aromatic ring is 1. The highest BCUT2D eigenvalue weighted by atomic mass is 32.2. The quantitative estimate of drug-likeness (QED) is 0.369. The molecule has 0 bridgehead atoms. The van der Waals surface area contributed by atoms with Crippen LogP contribution in [0, 0.1) is 0 Å². The molecule has 1 aromatic rings. The minimum absolute atomic E-state index is 0.134. The minimum atomic E-state index is -1.80. The van der Waals surface area contributed by atoms with Crippen LogP contribution in [0.5, 0.6) is 0 Å². The Labute approximate surface area is 73.0 Å². The summed E-state index contributed by atoms with van der Waals surface area (Å²) >= 11 is -1.80. The molecule has 12 heavy (non-hydrogen) atoms. The molecule has 0 amide bonds. The first-order valence-corrected chi connectivity index (χ1v) is 4.63. The number of anilines is 1. The molecule has 0 aromatic heterocycles. The maximum absolute atomic E-state index is 10.4. The van der Waals surface area contributed by atoms with Crippen molar-refractivity contribution in [3.05, 3.63) is 29.8 Å². The summed E-state index contributed by atoms with van der Waals surface area (Å²) < 4.78 is 19.0. The lowest BCUT2D eigenvalue weighted by molar-refractivity contribution is 0.563. The number of hydrogen-bond donors (Lipinski definition) is 3. The summed E-state index contributed by atoms with van der Waals surface area (Å²) in [5, 5.41) is 0. The summed E-state index contributed by atoms with van der Waals surface area (Å²) in [6.45, 7) is 0. The number of benzene rings is 1. The zero-order valence-corrected chi connectivity index (χ0v) is 7.17. The summed E-state index contributed by atoms with van der Waals surface area (Å²) in [5.74, 6) is 5.30. The molecular weight excluding hydrogens is 176 g/mol. The minimum Gasteiger partial charge on any atom is -0.324 e. The van der Waals surface area contributed by atoms with Crippen molar-refractivity contribution < 1.29 is 8.76 Å². The fourth-order valence-corrected chi connectivity index (χ4v) is 1.36. The van der Waals surface area contributed by atoms with Gasteiger partial charge in [0.2, 0.25) is 0 Å². The number of rotatable bonds is 3. The first-order valence-electron chi connectivity index (χ1n) is 3.35. The molecular formula is C7H10N2O2S. The van der Waals surface area contributed by atoms with Crippen molar-refractivity contribution in [2.24, 2.45) is 5.84 Å². The van der Waals surface area contributed by atoms with Gasteiger partial charge in [0.15, 0.2) is 11.1 Å². The van der Waals surface area contributed by atoms with Gasteiger partial charge in [0.05, 0.1) is 5.75 Å². The van der Waals surface area contributed by atoms with Crippen LogP contribution in [-0.4, -0.2) is 8.76 Å². The van der Waals surface area contributed by atoms with E-state index in [-0.39, 0.29) is 5.75 Å². The summed E-state index contributed by atoms with van der Waals surface area (Å²) in [4.78, 5) is 0. The van der Waals surface area contributed by atoms with E-state index in [2.05, 4.69) is 5.43 Å². The lowest BCUT2D eigenvalue weighted by Crippen LogP contribution is -2.06. The van der Waals surface area contributed by atoms with E-state index in [1.54, 1.807) is 24.3 Å². The largest absolute Gasteiger partial charge is 0.324 e. The zero-order valence-electron chi connectivity index (χ0n) is 6.36. The molecule has 0 radical (unpaired) electrons. The van der Waals surface area contributed by atoms with E-state index < -0.39 is 11.1 Å². The molecule has 0 spiro atoms. The molecule has 5 heteroatoms. The maximum atomic E-state index is 10.4. The molecule has 66 valence electrons. The molecule has 0 aliphatic heterocycles. The van der Waals surface area contributed by atoms with Crippen molar-refractivity contribution >= 4 is 16.8 Å². The molecule has 1 aromatic carbocycles. The average molecular weight is 186 g/mol. The number of nitrogens with two attached hydrogens (primary N) is 1. The van der Waals surface area contributed by atoms with Crippen LogP contribution in [0.3, 0.4) is 0 Å². The first-order chi connectivity index (χ1) is 5.72. The van der Waals surface area contributed by atoms with Gasteiger partial charge in [-0.1, -0.05) is 12.1 Å². The van der Waals surface area contributed by atoms with Crippen LogP contribution in [0.15, 0.2) is 24.3 Å². The summed E-state index contributed by atoms with van der Waals surface area (Å²) in [5.41, 5.74) is 3.98. The highest BCUT2D eigenvalue weighted by molar-refractivity contribution is 7.78. The summed E-state index contributed by atoms with van der Waals surface area (Å²) in [6, 6.07) is 7.06. The van der Waals surface area contributed by atoms with Crippen molar-refractivity contribution in [3.8, 4) is 0 Å². The second-order valence-electron chi connectivity index (χ2n) is 2.31. The van der Waals surface area contributed by atoms with Gasteiger partial charge in [-0.05, 0) is 17.7 Å². The molecule has 0 aliphatic rings. The van der Waals surface area contributed by atoms with E-state index in [4.69, 9.17) is 10.4 Å². The van der Waals surface area contributed by atoms with Gasteiger partial charge in [-0.2, -0.15) is 0 Å². The Morgan fingerprint density at radius 2 is 2.33 bits per heavy atom. The predicted octanol–water partition coefficient (Wildman–Crippen LogP) is 0.694. The highest BCUT2D eigenvalue weighted by Gasteiger charge is 1.97. The van der Waals surface area contributed by atoms with Crippen molar-refractivity contribution in [1.29, 1.82) is 0 Å². The number of hydrogen-bond acceptors (Lipinski definition) is 3. The lowest BCUT2D eigenvalue weighted by Gasteiger charge is -2.01. The Bertz CT molecular complexity index is 290. The molecule has 4 nitrogen and oxygen atoms in total. The normalized spacial score (nSPS) is 12.5. The van der Waals surface area contributed by atoms with E-state index in [1.807, 2.05) is 0 Å². The molecule has 0 heterocycles. The topological polar surface area (TPSA) is 75.3 Å². The average Bonchev–Trinajstić information content (AvgIpc) is 2.03. The van der Waals surface area contributed by atoms with E-state index in [1.165, 1.54) is 0 Å². The Hall–Kier alpha value is -0.910. The van der Waals surface area contributed by atoms with Gasteiger partial charge in [-0.3, -0.25) is 5.84 Å². The van der Waals surface area contributed by atoms with E-state index in [9.17, 15) is 4.21 Å². The van der Waals surface area contributed by atoms with E-state index in [0.29, 0.717) is 0 Å². The van der Waals surface area contributed by atoms with Gasteiger partial charge in [0, 0.05) is 5.69 Å². The smallest absolute Gasteiger partial charge is 0.157 e. The first kappa shape index (κ1) is 9.18. The van der Waals surface area contributed by atoms with Crippen LogP contribution in [0.2, 0.25) is 0 Å². The standard InChI is InChI=1S/C7H10N2O2S/c8-9-7-3-1-2-6(4-7)5-12(10)11/h1-4,9H,5,8H2,(H,10,11). The Kier molecular flexibility index (Phi) is 3.21. The molecule has 1 rings (SSSR count). The van der Waals surface area contributed by atoms with Crippen LogP contribution in [-0.2, 0) is 16.8 Å². The van der Waals surface area contributed by atoms with Crippen molar-refractivity contribution in [1.82, 2.24) is 0 Å². The SMILES string of the molecule is NNc1cccc(CS(=O)O)c1. The molecule has 0 aliphatic carbocycles. The molecule has 0 saturated carbocycles. The predicted molar refractivity (Wildman–Crippen MR) is 48.7 cm³/mol. The second kappa shape index (κ2) is 4.20. The Morgan fingerprint density at radius 1 is 1.58 bits per heavy atom. The van der Waals surface area contributed by atoms with Crippen LogP contribution in [0.4, 0.5) is 5.69 Å². The van der Waals surface area contributed by atoms with E-state index >= 15 is 0 Å². The number of nitrogens with one attached hydrogen (secondary N) is 1. The second-order valence-corrected chi connectivity index (χ2v) is 3.24. The number of hydrazine groups is 1. The van der Waals surface area contributed by atoms with Crippen LogP contribution >= 0.6 is 0 Å². The Morgan fingerprint density at radius 3 is 2.92 bits per heavy atom. The third-order valence-corrected chi connectivity index (χ3v) is 1.96. The maximum Gasteiger partial charge on any atom is 0.157 e. The lowest BCUT2D eigenvalue weighted by atomic mass is 10.2. The van der Waals surface area contributed by atoms with E-state index in [0.717, 1.165) is 11.3 Å². The van der Waals surface area contributed by atoms with Crippen molar-refractivity contribution in [2.45, 2.75) is 5.75 Å². The molecule has 1 unspecified atom stereocenters. The molecule has 4 N–H and O–H groups in total. The monoisotopic (exact) mass is 186 g/mol. The van der Waals surface area contributed by atoms with Crippen molar-refractivity contribution in [3.63, 3.8) is 0 Å². The van der Waals surface area contributed by atoms with Crippen molar-refractivity contribution in [2.75, 3.05) is 5.43 Å². The third-order valence-electron chi connectivity index (χ3n) is 1.38. The summed E-state index contributed by atoms with van der Waals surface area (Å²) in [7, 11) is 0. The van der Waals surface area contributed by atoms with Gasteiger partial charge in [0.1, 0.15) is 0 Å². The van der Waals surface area contributed by atoms with Crippen LogP contribution in [0.1, 0.15) is 5.56 Å². The molecule has 0 saturated heterocycles.